The molecular weight excluding hydrogens is 326 g/mol. The predicted octanol–water partition coefficient (Wildman–Crippen LogP) is 1.61. The molecule has 1 rings (SSSR count). The summed E-state index contributed by atoms with van der Waals surface area (Å²) in [5, 5.41) is -0.696. The zero-order valence-corrected chi connectivity index (χ0v) is 14.5. The molecule has 0 aliphatic heterocycles. The van der Waals surface area contributed by atoms with Crippen LogP contribution >= 0.6 is 11.8 Å². The Labute approximate surface area is 134 Å². The molecule has 1 N–H and O–H groups in total. The molecule has 0 spiro atoms. The highest BCUT2D eigenvalue weighted by Crippen LogP contribution is 2.13. The summed E-state index contributed by atoms with van der Waals surface area (Å²) in [4.78, 5) is 34.5. The lowest BCUT2D eigenvalue weighted by Crippen LogP contribution is -2.41. The number of nitrogens with one attached hydrogen (secondary N) is 1. The quantitative estimate of drug-likeness (QED) is 0.814. The summed E-state index contributed by atoms with van der Waals surface area (Å²) in [6.45, 7) is 5.06. The topological polar surface area (TPSA) is 97.4 Å². The number of hydrogen-bond donors (Lipinski definition) is 1. The first kappa shape index (κ1) is 20.3. The summed E-state index contributed by atoms with van der Waals surface area (Å²) < 4.78 is 25.6. The Hall–Kier alpha value is -1.67. The Morgan fingerprint density at radius 1 is 1.09 bits per heavy atom. The molecule has 1 unspecified atom stereocenters. The Kier molecular flexibility index (Phi) is 8.66. The fraction of sp³-hybridized carbons (Fsp3) is 0.357. The third kappa shape index (κ3) is 5.61. The summed E-state index contributed by atoms with van der Waals surface area (Å²) in [5.41, 5.74) is 0. The standard InChI is InChI=1S/C12H13NO5S2.C2H6/c1-8(14)10(12(16)19-2)11(15)13-20(17,18)9-6-4-3-5-7-9;1-2/h3-7,10H,1-2H3,(H,13,15);1-2H3. The molecule has 22 heavy (non-hydrogen) atoms. The van der Waals surface area contributed by atoms with Crippen LogP contribution in [0.25, 0.3) is 0 Å². The smallest absolute Gasteiger partial charge is 0.264 e. The molecule has 8 heteroatoms. The van der Waals surface area contributed by atoms with E-state index in [0.717, 1.165) is 6.92 Å². The van der Waals surface area contributed by atoms with Crippen molar-refractivity contribution in [1.29, 1.82) is 0 Å². The molecule has 6 nitrogen and oxygen atoms in total. The SMILES string of the molecule is CC.CSC(=O)C(C(C)=O)C(=O)NS(=O)(=O)c1ccccc1. The molecule has 0 aliphatic rings. The van der Waals surface area contributed by atoms with Gasteiger partial charge < -0.3 is 0 Å². The van der Waals surface area contributed by atoms with Gasteiger partial charge in [0.15, 0.2) is 11.7 Å². The van der Waals surface area contributed by atoms with E-state index in [9.17, 15) is 22.8 Å². The van der Waals surface area contributed by atoms with Gasteiger partial charge in [-0.25, -0.2) is 13.1 Å². The maximum atomic E-state index is 11.9. The molecule has 0 fully saturated rings. The van der Waals surface area contributed by atoms with Gasteiger partial charge >= 0.3 is 0 Å². The monoisotopic (exact) mass is 345 g/mol. The van der Waals surface area contributed by atoms with Crippen LogP contribution in [0.1, 0.15) is 20.8 Å². The van der Waals surface area contributed by atoms with Crippen LogP contribution in [0.4, 0.5) is 0 Å². The molecule has 1 aromatic carbocycles. The van der Waals surface area contributed by atoms with Gasteiger partial charge in [-0.05, 0) is 25.3 Å². The third-order valence-electron chi connectivity index (χ3n) is 2.39. The van der Waals surface area contributed by atoms with Gasteiger partial charge in [0, 0.05) is 0 Å². The van der Waals surface area contributed by atoms with Crippen molar-refractivity contribution in [3.05, 3.63) is 30.3 Å². The van der Waals surface area contributed by atoms with E-state index in [2.05, 4.69) is 0 Å². The molecule has 1 atom stereocenters. The summed E-state index contributed by atoms with van der Waals surface area (Å²) in [6, 6.07) is 7.21. The van der Waals surface area contributed by atoms with Crippen molar-refractivity contribution < 1.29 is 22.8 Å². The number of hydrogen-bond acceptors (Lipinski definition) is 6. The number of thioether (sulfide) groups is 1. The fourth-order valence-corrected chi connectivity index (χ4v) is 2.95. The molecule has 0 bridgehead atoms. The van der Waals surface area contributed by atoms with E-state index in [1.54, 1.807) is 10.8 Å². The number of carbonyl (C=O) groups excluding carboxylic acids is 3. The molecule has 0 aromatic heterocycles. The van der Waals surface area contributed by atoms with Gasteiger partial charge in [0.2, 0.25) is 5.12 Å². The second kappa shape index (κ2) is 9.37. The van der Waals surface area contributed by atoms with Gasteiger partial charge in [0.1, 0.15) is 0 Å². The lowest BCUT2D eigenvalue weighted by molar-refractivity contribution is -0.136. The Morgan fingerprint density at radius 2 is 1.59 bits per heavy atom. The molecule has 1 aromatic rings. The van der Waals surface area contributed by atoms with Crippen LogP contribution < -0.4 is 4.72 Å². The first-order valence-electron chi connectivity index (χ1n) is 6.49. The zero-order chi connectivity index (χ0) is 17.3. The molecule has 0 heterocycles. The summed E-state index contributed by atoms with van der Waals surface area (Å²) >= 11 is 0.696. The molecule has 0 saturated carbocycles. The maximum Gasteiger partial charge on any atom is 0.264 e. The van der Waals surface area contributed by atoms with E-state index >= 15 is 0 Å². The van der Waals surface area contributed by atoms with Crippen molar-refractivity contribution in [2.24, 2.45) is 5.92 Å². The highest BCUT2D eigenvalue weighted by atomic mass is 32.2. The normalized spacial score (nSPS) is 11.6. The van der Waals surface area contributed by atoms with E-state index in [-0.39, 0.29) is 4.90 Å². The van der Waals surface area contributed by atoms with E-state index in [4.69, 9.17) is 0 Å². The predicted molar refractivity (Wildman–Crippen MR) is 85.8 cm³/mol. The highest BCUT2D eigenvalue weighted by molar-refractivity contribution is 8.13. The van der Waals surface area contributed by atoms with Crippen LogP contribution in [-0.2, 0) is 24.4 Å². The lowest BCUT2D eigenvalue weighted by atomic mass is 10.1. The number of Topliss-reactive ketones (excluding diaryl/α,β-unsaturated/α-hetero) is 1. The minimum Gasteiger partial charge on any atom is -0.299 e. The Morgan fingerprint density at radius 3 is 2.00 bits per heavy atom. The van der Waals surface area contributed by atoms with Crippen LogP contribution in [-0.4, -0.2) is 31.5 Å². The van der Waals surface area contributed by atoms with Crippen LogP contribution in [0.15, 0.2) is 35.2 Å². The highest BCUT2D eigenvalue weighted by Gasteiger charge is 2.33. The van der Waals surface area contributed by atoms with E-state index in [1.165, 1.54) is 30.5 Å². The largest absolute Gasteiger partial charge is 0.299 e. The molecule has 0 radical (unpaired) electrons. The second-order valence-electron chi connectivity index (χ2n) is 3.85. The van der Waals surface area contributed by atoms with E-state index < -0.39 is 32.7 Å². The Bertz CT molecular complexity index is 626. The van der Waals surface area contributed by atoms with Gasteiger partial charge in [-0.2, -0.15) is 0 Å². The van der Waals surface area contributed by atoms with Gasteiger partial charge in [0.05, 0.1) is 4.90 Å². The Balaban J connectivity index is 0.00000211. The molecular formula is C14H19NO5S2. The summed E-state index contributed by atoms with van der Waals surface area (Å²) in [7, 11) is -4.09. The van der Waals surface area contributed by atoms with Gasteiger partial charge in [-0.15, -0.1) is 0 Å². The van der Waals surface area contributed by atoms with Crippen molar-refractivity contribution in [3.63, 3.8) is 0 Å². The first-order chi connectivity index (χ1) is 10.3. The summed E-state index contributed by atoms with van der Waals surface area (Å²) in [5.74, 6) is -3.46. The van der Waals surface area contributed by atoms with Crippen molar-refractivity contribution in [2.75, 3.05) is 6.26 Å². The van der Waals surface area contributed by atoms with Gasteiger partial charge in [-0.3, -0.25) is 14.4 Å². The number of amides is 1. The lowest BCUT2D eigenvalue weighted by Gasteiger charge is -2.12. The molecule has 122 valence electrons. The van der Waals surface area contributed by atoms with Gasteiger partial charge in [-0.1, -0.05) is 43.8 Å². The minimum atomic E-state index is -4.09. The minimum absolute atomic E-state index is 0.118. The number of sulfonamides is 1. The average molecular weight is 345 g/mol. The molecule has 0 saturated heterocycles. The number of benzene rings is 1. The van der Waals surface area contributed by atoms with Gasteiger partial charge in [0.25, 0.3) is 15.9 Å². The van der Waals surface area contributed by atoms with Crippen LogP contribution in [0.5, 0.6) is 0 Å². The first-order valence-corrected chi connectivity index (χ1v) is 9.20. The number of ketones is 1. The van der Waals surface area contributed by atoms with Crippen molar-refractivity contribution in [1.82, 2.24) is 4.72 Å². The average Bonchev–Trinajstić information content (AvgIpc) is 2.49. The van der Waals surface area contributed by atoms with Crippen LogP contribution in [0.2, 0.25) is 0 Å². The molecule has 0 aliphatic carbocycles. The fourth-order valence-electron chi connectivity index (χ4n) is 1.43. The van der Waals surface area contributed by atoms with Crippen LogP contribution in [0, 0.1) is 5.92 Å². The third-order valence-corrected chi connectivity index (χ3v) is 4.39. The van der Waals surface area contributed by atoms with Crippen molar-refractivity contribution in [3.8, 4) is 0 Å². The second-order valence-corrected chi connectivity index (χ2v) is 6.34. The maximum absolute atomic E-state index is 11.9. The van der Waals surface area contributed by atoms with Crippen LogP contribution in [0.3, 0.4) is 0 Å². The summed E-state index contributed by atoms with van der Waals surface area (Å²) in [6.07, 6.45) is 1.41. The van der Waals surface area contributed by atoms with E-state index in [0.29, 0.717) is 11.8 Å². The number of rotatable bonds is 5. The van der Waals surface area contributed by atoms with E-state index in [1.807, 2.05) is 13.8 Å². The number of carbonyl (C=O) groups is 3. The van der Waals surface area contributed by atoms with Crippen molar-refractivity contribution in [2.45, 2.75) is 25.7 Å². The molecule has 1 amide bonds. The zero-order valence-electron chi connectivity index (χ0n) is 12.8. The van der Waals surface area contributed by atoms with Crippen molar-refractivity contribution >= 4 is 38.6 Å².